The Balaban J connectivity index is 0.0000562. The number of carbonyl (C=O) groups excluding carboxylic acids is 5. The fourth-order valence-electron chi connectivity index (χ4n) is 12.9. The average Bonchev–Trinajstić information content (AvgIpc) is 0.739. The first-order chi connectivity index (χ1) is 47.1. The van der Waals surface area contributed by atoms with Gasteiger partial charge in [0.2, 0.25) is 0 Å². The van der Waals surface area contributed by atoms with E-state index in [4.69, 9.17) is 77.5 Å². The topological polar surface area (TPSA) is 251 Å². The van der Waals surface area contributed by atoms with Gasteiger partial charge < -0.3 is 77.5 Å². The highest BCUT2D eigenvalue weighted by molar-refractivity contribution is 6.98. The van der Waals surface area contributed by atoms with Crippen LogP contribution in [0.2, 0.25) is 194 Å². The molecule has 0 N–H and O–H groups in total. The summed E-state index contributed by atoms with van der Waals surface area (Å²) in [5.74, 6) is -2.37. The van der Waals surface area contributed by atoms with Gasteiger partial charge in [-0.1, -0.05) is 89.3 Å². The molecule has 37 heteroatoms. The second kappa shape index (κ2) is 40.4. The standard InChI is InChI=1S/C68H142O23Si14.2CH4/c1-56(2)61(69)75-43-38-48-98(30)84-100(32,53-50-94(22,23)82-97(28,29)83-95(24,25)74-17)85-101(33,89-103(35,86-98)66(11,12)40-45-77-63(71)58(5)6)54-51-92(18,19)80-96(26,27)81-93(20,21)52-55-102(34)90-104(36,67(13,14)41-46-78-64(72)59(7)8)87-99(31,49-39-44-76-62(70)57(3)4)88-105(37,91-102)68(15,16)42-47-79-65(73)60(9)10;;/h1,3,5,7,9,38-55H2,2,4,6,8,10-37H3;2*1H4. The van der Waals surface area contributed by atoms with Gasteiger partial charge >= 0.3 is 124 Å². The molecule has 6 unspecified atom stereocenters. The predicted octanol–water partition coefficient (Wildman–Crippen LogP) is 19.3. The van der Waals surface area contributed by atoms with E-state index in [1.807, 2.05) is 19.6 Å². The van der Waals surface area contributed by atoms with Gasteiger partial charge in [-0.15, -0.1) is 0 Å². The Labute approximate surface area is 664 Å². The highest BCUT2D eigenvalue weighted by Crippen LogP contribution is 2.54. The summed E-state index contributed by atoms with van der Waals surface area (Å²) in [4.78, 5) is 63.8. The molecule has 6 atom stereocenters. The van der Waals surface area contributed by atoms with Gasteiger partial charge in [0, 0.05) is 50.1 Å². The van der Waals surface area contributed by atoms with E-state index in [0.29, 0.717) is 108 Å². The van der Waals surface area contributed by atoms with Crippen LogP contribution in [0.3, 0.4) is 0 Å². The minimum atomic E-state index is -3.53. The molecule has 2 rings (SSSR count). The molecule has 23 nitrogen and oxygen atoms in total. The highest BCUT2D eigenvalue weighted by Gasteiger charge is 2.66. The zero-order chi connectivity index (χ0) is 81.7. The Morgan fingerprint density at radius 1 is 0.318 bits per heavy atom. The van der Waals surface area contributed by atoms with Crippen molar-refractivity contribution in [3.8, 4) is 0 Å². The predicted molar refractivity (Wildman–Crippen MR) is 464 cm³/mol. The smallest absolute Gasteiger partial charge is 0.333 e. The maximum absolute atomic E-state index is 12.8. The summed E-state index contributed by atoms with van der Waals surface area (Å²) in [6.07, 6.45) is 2.16. The van der Waals surface area contributed by atoms with Gasteiger partial charge in [0.05, 0.1) is 33.0 Å². The molecule has 2 heterocycles. The van der Waals surface area contributed by atoms with Crippen molar-refractivity contribution in [2.75, 3.05) is 40.1 Å². The van der Waals surface area contributed by atoms with Crippen LogP contribution in [0.25, 0.3) is 0 Å². The maximum atomic E-state index is 12.8. The van der Waals surface area contributed by atoms with Crippen LogP contribution in [-0.4, -0.2) is 189 Å². The molecule has 2 aliphatic heterocycles. The van der Waals surface area contributed by atoms with E-state index < -0.39 is 164 Å². The van der Waals surface area contributed by atoms with Crippen molar-refractivity contribution in [2.24, 2.45) is 0 Å². The summed E-state index contributed by atoms with van der Waals surface area (Å²) in [6, 6.07) is 4.61. The molecule has 0 radical (unpaired) electrons. The number of rotatable bonds is 43. The summed E-state index contributed by atoms with van der Waals surface area (Å²) < 4.78 is 125. The van der Waals surface area contributed by atoms with Crippen LogP contribution in [0.4, 0.5) is 0 Å². The van der Waals surface area contributed by atoms with E-state index in [1.165, 1.54) is 0 Å². The first-order valence-electron chi connectivity index (χ1n) is 37.2. The van der Waals surface area contributed by atoms with Crippen LogP contribution in [0.5, 0.6) is 0 Å². The Morgan fingerprint density at radius 3 is 0.748 bits per heavy atom. The summed E-state index contributed by atoms with van der Waals surface area (Å²) in [5.41, 5.74) is 1.52. The van der Waals surface area contributed by atoms with Gasteiger partial charge in [0.25, 0.3) is 0 Å². The minimum Gasteiger partial charge on any atom is -0.462 e. The number of esters is 5. The van der Waals surface area contributed by atoms with Crippen LogP contribution < -0.4 is 0 Å². The SMILES string of the molecule is C.C.C=C(C)C(=O)OCCC[Si]1(C)O[Si](C)(CC[Si](C)(C)O[Si](C)(C)O[Si](C)(C)OC)O[Si](C)(CC[Si](C)(C)O[Si](C)(C)O[Si](C)(C)CC[Si]2(C)O[Si](C)(C(C)(C)CCOC(=O)C(=C)C)O[Si](C)(CCCOC(=O)C(=C)C)O[Si](C)(C(C)(C)CCOC(=O)C(=C)C)O2)O[Si](C)(C(C)(C)CCOC(=O)C(=C)C)O1. The molecule has 0 aliphatic carbocycles. The molecule has 2 saturated heterocycles. The Kier molecular flexibility index (Phi) is 39.9. The van der Waals surface area contributed by atoms with Crippen LogP contribution in [-0.2, 0) is 101 Å². The highest BCUT2D eigenvalue weighted by atomic mass is 28.5. The lowest BCUT2D eigenvalue weighted by molar-refractivity contribution is -0.140. The van der Waals surface area contributed by atoms with Gasteiger partial charge in [-0.25, -0.2) is 24.0 Å². The fraction of sp³-hybridized carbons (Fsp3) is 0.786. The molecule has 624 valence electrons. The van der Waals surface area contributed by atoms with Crippen molar-refractivity contribution in [3.63, 3.8) is 0 Å². The summed E-state index contributed by atoms with van der Waals surface area (Å²) in [5, 5.41) is -2.03. The first-order valence-corrected chi connectivity index (χ1v) is 74.5. The van der Waals surface area contributed by atoms with Gasteiger partial charge in [0.1, 0.15) is 0 Å². The summed E-state index contributed by atoms with van der Waals surface area (Å²) in [6.45, 7) is 83.0. The molecular weight excluding hydrogens is 1600 g/mol. The van der Waals surface area contributed by atoms with Crippen LogP contribution >= 0.6 is 0 Å². The summed E-state index contributed by atoms with van der Waals surface area (Å²) in [7, 11) is -41.8. The molecule has 0 spiro atoms. The van der Waals surface area contributed by atoms with E-state index >= 15 is 0 Å². The second-order valence-electron chi connectivity index (χ2n) is 35.6. The molecule has 2 fully saturated rings. The van der Waals surface area contributed by atoms with Crippen molar-refractivity contribution < 1.29 is 101 Å². The average molecular weight is 1750 g/mol. The van der Waals surface area contributed by atoms with Crippen molar-refractivity contribution in [3.05, 3.63) is 60.8 Å². The maximum Gasteiger partial charge on any atom is 0.333 e. The van der Waals surface area contributed by atoms with Crippen molar-refractivity contribution >= 4 is 149 Å². The minimum absolute atomic E-state index is 0. The van der Waals surface area contributed by atoms with E-state index in [9.17, 15) is 24.0 Å². The molecule has 0 aromatic carbocycles. The van der Waals surface area contributed by atoms with Crippen molar-refractivity contribution in [1.82, 2.24) is 0 Å². The lowest BCUT2D eigenvalue weighted by atomic mass is 10.1. The normalized spacial score (nSPS) is 25.9. The lowest BCUT2D eigenvalue weighted by Gasteiger charge is -2.57. The molecule has 2 aliphatic rings. The molecule has 0 bridgehead atoms. The molecule has 0 aromatic rings. The van der Waals surface area contributed by atoms with Crippen molar-refractivity contribution in [1.29, 1.82) is 0 Å². The monoisotopic (exact) mass is 1750 g/mol. The van der Waals surface area contributed by atoms with E-state index in [0.717, 1.165) is 0 Å². The number of carbonyl (C=O) groups is 5. The van der Waals surface area contributed by atoms with E-state index in [-0.39, 0.29) is 47.9 Å². The quantitative estimate of drug-likeness (QED) is 0.0181. The number of ether oxygens (including phenoxy) is 5. The molecule has 0 amide bonds. The van der Waals surface area contributed by atoms with Gasteiger partial charge in [-0.05, 0) is 246 Å². The molecule has 0 aromatic heterocycles. The largest absolute Gasteiger partial charge is 0.462 e. The zero-order valence-corrected chi connectivity index (χ0v) is 85.2. The third-order valence-electron chi connectivity index (χ3n) is 19.7. The molecule has 0 saturated carbocycles. The van der Waals surface area contributed by atoms with Crippen LogP contribution in [0, 0.1) is 0 Å². The second-order valence-corrected chi connectivity index (χ2v) is 89.8. The van der Waals surface area contributed by atoms with E-state index in [2.05, 4.69) is 186 Å². The molecular formula is C70H150O23Si14. The summed E-state index contributed by atoms with van der Waals surface area (Å²) >= 11 is 0. The van der Waals surface area contributed by atoms with E-state index in [1.54, 1.807) is 41.7 Å². The van der Waals surface area contributed by atoms with Gasteiger partial charge in [-0.2, -0.15) is 0 Å². The number of hydrogen-bond acceptors (Lipinski definition) is 23. The third-order valence-corrected chi connectivity index (χ3v) is 83.8. The van der Waals surface area contributed by atoms with Crippen LogP contribution in [0.1, 0.15) is 123 Å². The van der Waals surface area contributed by atoms with Gasteiger partial charge in [0.15, 0.2) is 25.0 Å². The Morgan fingerprint density at radius 2 is 0.514 bits per heavy atom. The lowest BCUT2D eigenvalue weighted by Crippen LogP contribution is -2.71. The fourth-order valence-corrected chi connectivity index (χ4v) is 94.3. The molecule has 107 heavy (non-hydrogen) atoms. The van der Waals surface area contributed by atoms with Gasteiger partial charge in [-0.3, -0.25) is 0 Å². The third kappa shape index (κ3) is 34.5. The van der Waals surface area contributed by atoms with Crippen LogP contribution in [0.15, 0.2) is 60.8 Å². The Hall–Kier alpha value is -1.43. The first kappa shape index (κ1) is 106. The number of hydrogen-bond donors (Lipinski definition) is 0. The Bertz CT molecular complexity index is 3010. The zero-order valence-electron chi connectivity index (χ0n) is 71.2. The van der Waals surface area contributed by atoms with Crippen molar-refractivity contribution in [2.45, 2.75) is 318 Å².